The first-order chi connectivity index (χ1) is 14.4. The molecule has 7 heteroatoms. The summed E-state index contributed by atoms with van der Waals surface area (Å²) in [7, 11) is 0. The highest BCUT2D eigenvalue weighted by Gasteiger charge is 2.32. The second kappa shape index (κ2) is 8.42. The average Bonchev–Trinajstić information content (AvgIpc) is 3.21. The topological polar surface area (TPSA) is 64.2 Å². The quantitative estimate of drug-likeness (QED) is 0.615. The van der Waals surface area contributed by atoms with Crippen LogP contribution < -0.4 is 10.6 Å². The number of carbonyl (C=O) groups is 1. The van der Waals surface area contributed by atoms with Crippen molar-refractivity contribution in [3.8, 4) is 5.69 Å². The highest BCUT2D eigenvalue weighted by atomic mass is 35.5. The van der Waals surface area contributed by atoms with E-state index in [1.807, 2.05) is 43.0 Å². The van der Waals surface area contributed by atoms with Crippen LogP contribution >= 0.6 is 23.2 Å². The molecule has 5 nitrogen and oxygen atoms in total. The minimum absolute atomic E-state index is 0.0647. The lowest BCUT2D eigenvalue weighted by molar-refractivity contribution is -0.117. The Morgan fingerprint density at radius 3 is 2.67 bits per heavy atom. The van der Waals surface area contributed by atoms with E-state index in [-0.39, 0.29) is 18.2 Å². The Morgan fingerprint density at radius 2 is 1.93 bits per heavy atom. The van der Waals surface area contributed by atoms with Crippen molar-refractivity contribution in [1.82, 2.24) is 9.78 Å². The molecule has 0 aliphatic carbocycles. The van der Waals surface area contributed by atoms with Gasteiger partial charge in [0, 0.05) is 34.4 Å². The lowest BCUT2D eigenvalue weighted by Crippen LogP contribution is -2.31. The number of halogens is 2. The molecule has 1 unspecified atom stereocenters. The number of nitrogens with zero attached hydrogens (tertiary/aromatic N) is 3. The fourth-order valence-corrected chi connectivity index (χ4v) is 4.73. The van der Waals surface area contributed by atoms with Gasteiger partial charge in [0.2, 0.25) is 5.91 Å². The Bertz CT molecular complexity index is 1110. The van der Waals surface area contributed by atoms with E-state index in [4.69, 9.17) is 28.9 Å². The van der Waals surface area contributed by atoms with Crippen molar-refractivity contribution in [2.75, 3.05) is 18.0 Å². The highest BCUT2D eigenvalue weighted by molar-refractivity contribution is 6.35. The van der Waals surface area contributed by atoms with E-state index < -0.39 is 0 Å². The van der Waals surface area contributed by atoms with Gasteiger partial charge in [-0.1, -0.05) is 41.4 Å². The molecule has 0 spiro atoms. The van der Waals surface area contributed by atoms with Crippen LogP contribution in [-0.4, -0.2) is 28.8 Å². The third-order valence-electron chi connectivity index (χ3n) is 5.79. The van der Waals surface area contributed by atoms with Gasteiger partial charge < -0.3 is 10.6 Å². The Labute approximate surface area is 186 Å². The molecule has 1 atom stereocenters. The largest absolute Gasteiger partial charge is 0.330 e. The second-order valence-corrected chi connectivity index (χ2v) is 8.51. The van der Waals surface area contributed by atoms with Crippen LogP contribution in [0.25, 0.3) is 5.69 Å². The summed E-state index contributed by atoms with van der Waals surface area (Å²) in [6.07, 6.45) is 1.15. The van der Waals surface area contributed by atoms with Gasteiger partial charge in [-0.3, -0.25) is 4.79 Å². The summed E-state index contributed by atoms with van der Waals surface area (Å²) in [5.41, 5.74) is 11.4. The van der Waals surface area contributed by atoms with Gasteiger partial charge in [0.25, 0.3) is 0 Å². The Hall–Kier alpha value is -2.34. The number of amides is 1. The number of carbonyl (C=O) groups excluding carboxylic acids is 1. The van der Waals surface area contributed by atoms with Gasteiger partial charge >= 0.3 is 0 Å². The summed E-state index contributed by atoms with van der Waals surface area (Å²) in [5, 5.41) is 5.73. The molecule has 30 heavy (non-hydrogen) atoms. The third-order valence-corrected chi connectivity index (χ3v) is 6.33. The van der Waals surface area contributed by atoms with E-state index >= 15 is 0 Å². The lowest BCUT2D eigenvalue weighted by Gasteiger charge is -2.18. The van der Waals surface area contributed by atoms with Crippen molar-refractivity contribution >= 4 is 34.8 Å². The van der Waals surface area contributed by atoms with E-state index in [1.54, 1.807) is 16.8 Å². The number of hydrogen-bond acceptors (Lipinski definition) is 3. The first-order valence-electron chi connectivity index (χ1n) is 10.0. The van der Waals surface area contributed by atoms with Crippen molar-refractivity contribution in [1.29, 1.82) is 0 Å². The molecular formula is C23H24Cl2N4O. The van der Waals surface area contributed by atoms with E-state index in [0.717, 1.165) is 34.7 Å². The van der Waals surface area contributed by atoms with Crippen LogP contribution in [0.4, 0.5) is 5.69 Å². The number of rotatable bonds is 5. The van der Waals surface area contributed by atoms with Gasteiger partial charge in [0.05, 0.1) is 22.8 Å². The van der Waals surface area contributed by atoms with Crippen molar-refractivity contribution in [2.45, 2.75) is 32.6 Å². The summed E-state index contributed by atoms with van der Waals surface area (Å²) in [4.78, 5) is 15.2. The van der Waals surface area contributed by atoms with Crippen molar-refractivity contribution in [2.24, 2.45) is 5.73 Å². The molecule has 1 aliphatic heterocycles. The summed E-state index contributed by atoms with van der Waals surface area (Å²) in [6.45, 7) is 5.16. The summed E-state index contributed by atoms with van der Waals surface area (Å²) in [6, 6.07) is 13.4. The SMILES string of the molecule is Cc1nn(-c2ccc(Cl)cc2Cl)c(C)c1CC(=O)N1CC(CCN)c2ccccc21. The Morgan fingerprint density at radius 1 is 1.17 bits per heavy atom. The van der Waals surface area contributed by atoms with E-state index in [2.05, 4.69) is 11.2 Å². The molecule has 156 valence electrons. The summed E-state index contributed by atoms with van der Waals surface area (Å²) >= 11 is 12.4. The standard InChI is InChI=1S/C23H24Cl2N4O/c1-14-19(15(2)29(27-14)22-8-7-17(24)11-20(22)25)12-23(30)28-13-16(9-10-26)18-5-3-4-6-21(18)28/h3-8,11,16H,9-10,12-13,26H2,1-2H3. The van der Waals surface area contributed by atoms with Gasteiger partial charge in [0.1, 0.15) is 0 Å². The number of hydrogen-bond donors (Lipinski definition) is 1. The average molecular weight is 443 g/mol. The van der Waals surface area contributed by atoms with Crippen LogP contribution in [0.3, 0.4) is 0 Å². The van der Waals surface area contributed by atoms with Crippen LogP contribution in [-0.2, 0) is 11.2 Å². The van der Waals surface area contributed by atoms with Crippen molar-refractivity contribution in [3.05, 3.63) is 75.0 Å². The molecule has 0 fully saturated rings. The van der Waals surface area contributed by atoms with Gasteiger partial charge in [-0.05, 0) is 56.6 Å². The van der Waals surface area contributed by atoms with Crippen LogP contribution in [0.1, 0.15) is 34.9 Å². The maximum Gasteiger partial charge on any atom is 0.231 e. The normalized spacial score (nSPS) is 15.5. The molecule has 1 aromatic heterocycles. The summed E-state index contributed by atoms with van der Waals surface area (Å²) < 4.78 is 1.78. The van der Waals surface area contributed by atoms with Gasteiger partial charge in [-0.25, -0.2) is 4.68 Å². The molecule has 3 aromatic rings. The number of benzene rings is 2. The van der Waals surface area contributed by atoms with Gasteiger partial charge in [-0.15, -0.1) is 0 Å². The molecule has 1 amide bonds. The minimum atomic E-state index is 0.0647. The van der Waals surface area contributed by atoms with Crippen molar-refractivity contribution in [3.63, 3.8) is 0 Å². The fraction of sp³-hybridized carbons (Fsp3) is 0.304. The molecule has 4 rings (SSSR count). The molecular weight excluding hydrogens is 419 g/mol. The van der Waals surface area contributed by atoms with Crippen LogP contribution in [0.15, 0.2) is 42.5 Å². The molecule has 2 N–H and O–H groups in total. The first kappa shape index (κ1) is 20.9. The number of aryl methyl sites for hydroxylation is 1. The molecule has 1 aliphatic rings. The predicted octanol–water partition coefficient (Wildman–Crippen LogP) is 4.82. The molecule has 2 aromatic carbocycles. The number of aromatic nitrogens is 2. The van der Waals surface area contributed by atoms with Gasteiger partial charge in [0.15, 0.2) is 0 Å². The predicted molar refractivity (Wildman–Crippen MR) is 122 cm³/mol. The third kappa shape index (κ3) is 3.73. The van der Waals surface area contributed by atoms with E-state index in [9.17, 15) is 4.79 Å². The number of anilines is 1. The first-order valence-corrected chi connectivity index (χ1v) is 10.8. The Balaban J connectivity index is 1.63. The number of para-hydroxylation sites is 1. The zero-order valence-corrected chi connectivity index (χ0v) is 18.5. The zero-order valence-electron chi connectivity index (χ0n) is 17.0. The maximum atomic E-state index is 13.3. The zero-order chi connectivity index (χ0) is 21.4. The molecule has 0 saturated heterocycles. The van der Waals surface area contributed by atoms with Crippen LogP contribution in [0.5, 0.6) is 0 Å². The smallest absolute Gasteiger partial charge is 0.231 e. The minimum Gasteiger partial charge on any atom is -0.330 e. The second-order valence-electron chi connectivity index (χ2n) is 7.67. The number of nitrogens with two attached hydrogens (primary N) is 1. The molecule has 2 heterocycles. The van der Waals surface area contributed by atoms with Crippen LogP contribution in [0, 0.1) is 13.8 Å². The van der Waals surface area contributed by atoms with E-state index in [1.165, 1.54) is 5.56 Å². The van der Waals surface area contributed by atoms with Crippen molar-refractivity contribution < 1.29 is 4.79 Å². The number of fused-ring (bicyclic) bond motifs is 1. The fourth-order valence-electron chi connectivity index (χ4n) is 4.24. The molecule has 0 radical (unpaired) electrons. The Kier molecular flexibility index (Phi) is 5.87. The van der Waals surface area contributed by atoms with Gasteiger partial charge in [-0.2, -0.15) is 5.10 Å². The monoisotopic (exact) mass is 442 g/mol. The molecule has 0 bridgehead atoms. The highest BCUT2D eigenvalue weighted by Crippen LogP contribution is 2.38. The molecule has 0 saturated carbocycles. The lowest BCUT2D eigenvalue weighted by atomic mass is 9.98. The summed E-state index contributed by atoms with van der Waals surface area (Å²) in [5.74, 6) is 0.350. The maximum absolute atomic E-state index is 13.3. The van der Waals surface area contributed by atoms with E-state index in [0.29, 0.717) is 23.1 Å². The van der Waals surface area contributed by atoms with Crippen LogP contribution in [0.2, 0.25) is 10.0 Å².